The van der Waals surface area contributed by atoms with Crippen molar-refractivity contribution >= 4 is 11.9 Å². The fourth-order valence-electron chi connectivity index (χ4n) is 1.71. The number of rotatable bonds is 4. The molecule has 1 heterocycles. The Morgan fingerprint density at radius 2 is 2.15 bits per heavy atom. The normalized spacial score (nSPS) is 10.2. The van der Waals surface area contributed by atoms with Crippen molar-refractivity contribution in [2.24, 2.45) is 5.73 Å². The van der Waals surface area contributed by atoms with E-state index in [1.807, 2.05) is 6.07 Å². The van der Waals surface area contributed by atoms with E-state index in [0.29, 0.717) is 23.7 Å². The van der Waals surface area contributed by atoms with Crippen molar-refractivity contribution in [1.82, 2.24) is 9.97 Å². The van der Waals surface area contributed by atoms with Crippen LogP contribution in [0.15, 0.2) is 30.3 Å². The maximum Gasteiger partial charge on any atom is 0.258 e. The first kappa shape index (κ1) is 14.0. The summed E-state index contributed by atoms with van der Waals surface area (Å²) in [5, 5.41) is 2.64. The van der Waals surface area contributed by atoms with Gasteiger partial charge >= 0.3 is 0 Å². The van der Waals surface area contributed by atoms with Crippen molar-refractivity contribution in [2.45, 2.75) is 13.5 Å². The second kappa shape index (κ2) is 6.12. The van der Waals surface area contributed by atoms with Crippen molar-refractivity contribution in [3.05, 3.63) is 47.2 Å². The summed E-state index contributed by atoms with van der Waals surface area (Å²) in [4.78, 5) is 20.3. The second-order valence-corrected chi connectivity index (χ2v) is 4.23. The van der Waals surface area contributed by atoms with Crippen LogP contribution >= 0.6 is 0 Å². The van der Waals surface area contributed by atoms with Gasteiger partial charge in [0.2, 0.25) is 11.8 Å². The molecule has 0 bridgehead atoms. The van der Waals surface area contributed by atoms with E-state index in [-0.39, 0.29) is 11.9 Å². The van der Waals surface area contributed by atoms with Crippen LogP contribution in [0.1, 0.15) is 21.6 Å². The van der Waals surface area contributed by atoms with Gasteiger partial charge in [-0.05, 0) is 24.6 Å². The molecule has 1 aromatic carbocycles. The van der Waals surface area contributed by atoms with Crippen LogP contribution in [0.3, 0.4) is 0 Å². The Balaban J connectivity index is 2.20. The van der Waals surface area contributed by atoms with E-state index in [0.717, 1.165) is 5.56 Å². The summed E-state index contributed by atoms with van der Waals surface area (Å²) < 4.78 is 5.04. The van der Waals surface area contributed by atoms with Gasteiger partial charge in [-0.3, -0.25) is 10.1 Å². The smallest absolute Gasteiger partial charge is 0.258 e. The summed E-state index contributed by atoms with van der Waals surface area (Å²) in [5.74, 6) is 0.335. The van der Waals surface area contributed by atoms with Crippen LogP contribution in [0.2, 0.25) is 0 Å². The number of ether oxygens (including phenoxy) is 1. The van der Waals surface area contributed by atoms with Crippen LogP contribution in [-0.2, 0) is 6.54 Å². The lowest BCUT2D eigenvalue weighted by molar-refractivity contribution is 0.102. The molecule has 2 rings (SSSR count). The lowest BCUT2D eigenvalue weighted by Crippen LogP contribution is -2.15. The van der Waals surface area contributed by atoms with E-state index in [9.17, 15) is 4.79 Å². The minimum absolute atomic E-state index is 0.213. The number of hydrogen-bond donors (Lipinski definition) is 2. The van der Waals surface area contributed by atoms with Crippen LogP contribution < -0.4 is 15.8 Å². The maximum absolute atomic E-state index is 12.1. The van der Waals surface area contributed by atoms with E-state index in [2.05, 4.69) is 15.3 Å². The molecule has 0 aliphatic heterocycles. The lowest BCUT2D eigenvalue weighted by Gasteiger charge is -2.07. The van der Waals surface area contributed by atoms with Crippen LogP contribution in [0.25, 0.3) is 0 Å². The Bertz CT molecular complexity index is 628. The second-order valence-electron chi connectivity index (χ2n) is 4.23. The molecular weight excluding hydrogens is 256 g/mol. The van der Waals surface area contributed by atoms with E-state index < -0.39 is 0 Å². The number of carbonyl (C=O) groups excluding carboxylic acids is 1. The summed E-state index contributed by atoms with van der Waals surface area (Å²) in [6.45, 7) is 2.19. The number of aromatic nitrogens is 2. The van der Waals surface area contributed by atoms with E-state index in [1.165, 1.54) is 7.11 Å². The van der Waals surface area contributed by atoms with Gasteiger partial charge in [-0.1, -0.05) is 12.1 Å². The van der Waals surface area contributed by atoms with Gasteiger partial charge in [-0.15, -0.1) is 0 Å². The van der Waals surface area contributed by atoms with Gasteiger partial charge in [0.05, 0.1) is 7.11 Å². The van der Waals surface area contributed by atoms with Crippen molar-refractivity contribution in [3.8, 4) is 5.88 Å². The van der Waals surface area contributed by atoms with Crippen molar-refractivity contribution < 1.29 is 9.53 Å². The lowest BCUT2D eigenvalue weighted by atomic mass is 10.1. The molecule has 0 atom stereocenters. The first-order chi connectivity index (χ1) is 9.62. The number of anilines is 1. The molecule has 6 heteroatoms. The SMILES string of the molecule is COc1cc(C)nc(NC(=O)c2cccc(CN)c2)n1. The number of amides is 1. The highest BCUT2D eigenvalue weighted by atomic mass is 16.5. The standard InChI is InChI=1S/C14H16N4O2/c1-9-6-12(20-2)17-14(16-9)18-13(19)11-5-3-4-10(7-11)8-15/h3-7H,8,15H2,1-2H3,(H,16,17,18,19). The van der Waals surface area contributed by atoms with Gasteiger partial charge in [0.1, 0.15) is 0 Å². The molecule has 1 aromatic heterocycles. The molecular formula is C14H16N4O2. The average Bonchev–Trinajstić information content (AvgIpc) is 2.46. The molecule has 0 fully saturated rings. The fourth-order valence-corrected chi connectivity index (χ4v) is 1.71. The van der Waals surface area contributed by atoms with Crippen LogP contribution in [0.4, 0.5) is 5.95 Å². The number of benzene rings is 1. The Labute approximate surface area is 117 Å². The largest absolute Gasteiger partial charge is 0.481 e. The van der Waals surface area contributed by atoms with Crippen LogP contribution in [0, 0.1) is 6.92 Å². The minimum Gasteiger partial charge on any atom is -0.481 e. The van der Waals surface area contributed by atoms with Crippen molar-refractivity contribution in [2.75, 3.05) is 12.4 Å². The molecule has 2 aromatic rings. The number of hydrogen-bond acceptors (Lipinski definition) is 5. The zero-order valence-electron chi connectivity index (χ0n) is 11.4. The van der Waals surface area contributed by atoms with E-state index in [1.54, 1.807) is 31.2 Å². The van der Waals surface area contributed by atoms with E-state index >= 15 is 0 Å². The Morgan fingerprint density at radius 3 is 2.85 bits per heavy atom. The summed E-state index contributed by atoms with van der Waals surface area (Å²) in [6.07, 6.45) is 0. The number of nitrogens with two attached hydrogens (primary N) is 1. The Kier molecular flexibility index (Phi) is 4.27. The predicted molar refractivity (Wildman–Crippen MR) is 75.6 cm³/mol. The van der Waals surface area contributed by atoms with Crippen molar-refractivity contribution in [1.29, 1.82) is 0 Å². The third-order valence-corrected chi connectivity index (χ3v) is 2.69. The molecule has 3 N–H and O–H groups in total. The number of methoxy groups -OCH3 is 1. The first-order valence-electron chi connectivity index (χ1n) is 6.12. The first-order valence-corrected chi connectivity index (χ1v) is 6.12. The molecule has 0 saturated heterocycles. The number of nitrogens with zero attached hydrogens (tertiary/aromatic N) is 2. The highest BCUT2D eigenvalue weighted by Crippen LogP contribution is 2.13. The highest BCUT2D eigenvalue weighted by molar-refractivity contribution is 6.03. The monoisotopic (exact) mass is 272 g/mol. The Hall–Kier alpha value is -2.47. The zero-order valence-corrected chi connectivity index (χ0v) is 11.4. The molecule has 0 saturated carbocycles. The van der Waals surface area contributed by atoms with Gasteiger partial charge in [-0.25, -0.2) is 4.98 Å². The molecule has 0 aliphatic rings. The van der Waals surface area contributed by atoms with Gasteiger partial charge in [0.15, 0.2) is 0 Å². The minimum atomic E-state index is -0.284. The molecule has 104 valence electrons. The summed E-state index contributed by atoms with van der Waals surface area (Å²) in [6, 6.07) is 8.78. The molecule has 1 amide bonds. The quantitative estimate of drug-likeness (QED) is 0.880. The van der Waals surface area contributed by atoms with Gasteiger partial charge in [0, 0.05) is 23.9 Å². The van der Waals surface area contributed by atoms with Crippen LogP contribution in [0.5, 0.6) is 5.88 Å². The summed E-state index contributed by atoms with van der Waals surface area (Å²) >= 11 is 0. The van der Waals surface area contributed by atoms with Crippen LogP contribution in [-0.4, -0.2) is 23.0 Å². The number of carbonyl (C=O) groups is 1. The van der Waals surface area contributed by atoms with Crippen molar-refractivity contribution in [3.63, 3.8) is 0 Å². The molecule has 0 spiro atoms. The highest BCUT2D eigenvalue weighted by Gasteiger charge is 2.09. The fraction of sp³-hybridized carbons (Fsp3) is 0.214. The molecule has 0 radical (unpaired) electrons. The molecule has 0 aliphatic carbocycles. The van der Waals surface area contributed by atoms with Gasteiger partial charge in [-0.2, -0.15) is 4.98 Å². The van der Waals surface area contributed by atoms with E-state index in [4.69, 9.17) is 10.5 Å². The third-order valence-electron chi connectivity index (χ3n) is 2.69. The average molecular weight is 272 g/mol. The maximum atomic E-state index is 12.1. The molecule has 6 nitrogen and oxygen atoms in total. The predicted octanol–water partition coefficient (Wildman–Crippen LogP) is 1.50. The zero-order chi connectivity index (χ0) is 14.5. The number of nitrogens with one attached hydrogen (secondary N) is 1. The summed E-state index contributed by atoms with van der Waals surface area (Å²) in [7, 11) is 1.51. The topological polar surface area (TPSA) is 90.1 Å². The molecule has 0 unspecified atom stereocenters. The van der Waals surface area contributed by atoms with Gasteiger partial charge < -0.3 is 10.5 Å². The third kappa shape index (κ3) is 3.30. The summed E-state index contributed by atoms with van der Waals surface area (Å²) in [5.41, 5.74) is 7.67. The van der Waals surface area contributed by atoms with Gasteiger partial charge in [0.25, 0.3) is 5.91 Å². The molecule has 20 heavy (non-hydrogen) atoms. The Morgan fingerprint density at radius 1 is 1.35 bits per heavy atom. The number of aryl methyl sites for hydroxylation is 1.